The summed E-state index contributed by atoms with van der Waals surface area (Å²) in [5.41, 5.74) is 0.337. The number of rotatable bonds is 3. The Balaban J connectivity index is 1.66. The van der Waals surface area contributed by atoms with Gasteiger partial charge in [0.05, 0.1) is 6.54 Å². The van der Waals surface area contributed by atoms with Gasteiger partial charge in [0.25, 0.3) is 0 Å². The zero-order chi connectivity index (χ0) is 11.9. The normalized spacial score (nSPS) is 30.7. The highest BCUT2D eigenvalue weighted by Gasteiger charge is 2.43. The van der Waals surface area contributed by atoms with Crippen molar-refractivity contribution in [3.05, 3.63) is 18.2 Å². The van der Waals surface area contributed by atoms with Crippen molar-refractivity contribution in [2.75, 3.05) is 19.6 Å². The first kappa shape index (κ1) is 11.2. The largest absolute Gasteiger partial charge is 0.337 e. The molecule has 1 aromatic heterocycles. The van der Waals surface area contributed by atoms with Gasteiger partial charge >= 0.3 is 0 Å². The highest BCUT2D eigenvalue weighted by molar-refractivity contribution is 5.03. The van der Waals surface area contributed by atoms with Gasteiger partial charge in [0.2, 0.25) is 0 Å². The van der Waals surface area contributed by atoms with Crippen molar-refractivity contribution in [2.24, 2.45) is 13.0 Å². The molecule has 4 nitrogen and oxygen atoms in total. The number of imidazole rings is 1. The summed E-state index contributed by atoms with van der Waals surface area (Å²) in [7, 11) is 2.07. The third-order valence-corrected chi connectivity index (χ3v) is 4.27. The van der Waals surface area contributed by atoms with Crippen LogP contribution in [0.15, 0.2) is 12.4 Å². The van der Waals surface area contributed by atoms with E-state index < -0.39 is 0 Å². The highest BCUT2D eigenvalue weighted by Crippen LogP contribution is 2.40. The van der Waals surface area contributed by atoms with Gasteiger partial charge in [-0.1, -0.05) is 0 Å². The van der Waals surface area contributed by atoms with Gasteiger partial charge in [0, 0.05) is 44.6 Å². The lowest BCUT2D eigenvalue weighted by atomic mass is 9.93. The van der Waals surface area contributed by atoms with Gasteiger partial charge in [-0.25, -0.2) is 4.98 Å². The van der Waals surface area contributed by atoms with Crippen molar-refractivity contribution >= 4 is 0 Å². The summed E-state index contributed by atoms with van der Waals surface area (Å²) in [5, 5.41) is 3.71. The van der Waals surface area contributed by atoms with E-state index in [1.54, 1.807) is 0 Å². The average Bonchev–Trinajstić information content (AvgIpc) is 3.07. The Labute approximate surface area is 103 Å². The second kappa shape index (κ2) is 4.10. The Hall–Kier alpha value is -0.870. The van der Waals surface area contributed by atoms with Gasteiger partial charge in [0.15, 0.2) is 0 Å². The lowest BCUT2D eigenvalue weighted by molar-refractivity contribution is 0.118. The Morgan fingerprint density at radius 3 is 3.00 bits per heavy atom. The number of hydrogen-bond donors (Lipinski definition) is 1. The molecule has 1 aromatic rings. The maximum Gasteiger partial charge on any atom is 0.122 e. The van der Waals surface area contributed by atoms with Crippen molar-refractivity contribution in [3.8, 4) is 0 Å². The van der Waals surface area contributed by atoms with E-state index in [4.69, 9.17) is 0 Å². The van der Waals surface area contributed by atoms with Crippen LogP contribution in [0.5, 0.6) is 0 Å². The number of aryl methyl sites for hydroxylation is 1. The summed E-state index contributed by atoms with van der Waals surface area (Å²) in [6.07, 6.45) is 6.72. The summed E-state index contributed by atoms with van der Waals surface area (Å²) in [6, 6.07) is 0. The molecule has 1 aliphatic heterocycles. The maximum absolute atomic E-state index is 4.42. The quantitative estimate of drug-likeness (QED) is 0.847. The van der Waals surface area contributed by atoms with Gasteiger partial charge in [-0.15, -0.1) is 0 Å². The van der Waals surface area contributed by atoms with Crippen LogP contribution in [0.1, 0.15) is 25.6 Å². The third kappa shape index (κ3) is 2.24. The summed E-state index contributed by atoms with van der Waals surface area (Å²) >= 11 is 0. The second-order valence-corrected chi connectivity index (χ2v) is 5.78. The first-order chi connectivity index (χ1) is 8.17. The minimum absolute atomic E-state index is 0.337. The molecule has 2 aliphatic rings. The predicted molar refractivity (Wildman–Crippen MR) is 67.6 cm³/mol. The molecule has 94 valence electrons. The fraction of sp³-hybridized carbons (Fsp3) is 0.769. The number of nitrogens with one attached hydrogen (secondary N) is 1. The van der Waals surface area contributed by atoms with E-state index in [2.05, 4.69) is 33.7 Å². The Bertz CT molecular complexity index is 396. The van der Waals surface area contributed by atoms with Gasteiger partial charge in [-0.3, -0.25) is 4.90 Å². The van der Waals surface area contributed by atoms with Crippen LogP contribution < -0.4 is 5.32 Å². The van der Waals surface area contributed by atoms with Crippen LogP contribution in [0.4, 0.5) is 0 Å². The summed E-state index contributed by atoms with van der Waals surface area (Å²) in [4.78, 5) is 6.96. The van der Waals surface area contributed by atoms with E-state index >= 15 is 0 Å². The molecule has 0 radical (unpaired) electrons. The Morgan fingerprint density at radius 2 is 2.35 bits per heavy atom. The van der Waals surface area contributed by atoms with Crippen molar-refractivity contribution in [3.63, 3.8) is 0 Å². The molecule has 2 heterocycles. The summed E-state index contributed by atoms with van der Waals surface area (Å²) in [6.45, 7) is 6.76. The number of aromatic nitrogens is 2. The minimum atomic E-state index is 0.337. The smallest absolute Gasteiger partial charge is 0.122 e. The number of hydrogen-bond acceptors (Lipinski definition) is 3. The molecule has 3 rings (SSSR count). The minimum Gasteiger partial charge on any atom is -0.337 e. The monoisotopic (exact) mass is 234 g/mol. The average molecular weight is 234 g/mol. The van der Waals surface area contributed by atoms with Crippen LogP contribution in [-0.4, -0.2) is 39.6 Å². The van der Waals surface area contributed by atoms with Crippen molar-refractivity contribution < 1.29 is 0 Å². The third-order valence-electron chi connectivity index (χ3n) is 4.27. The molecule has 0 bridgehead atoms. The first-order valence-electron chi connectivity index (χ1n) is 6.61. The van der Waals surface area contributed by atoms with E-state index in [0.29, 0.717) is 5.54 Å². The van der Waals surface area contributed by atoms with Gasteiger partial charge in [0.1, 0.15) is 5.82 Å². The number of nitrogens with zero attached hydrogens (tertiary/aromatic N) is 3. The van der Waals surface area contributed by atoms with Crippen LogP contribution in [0, 0.1) is 5.92 Å². The van der Waals surface area contributed by atoms with Gasteiger partial charge in [-0.2, -0.15) is 0 Å². The second-order valence-electron chi connectivity index (χ2n) is 5.78. The SMILES string of the molecule is Cn1ccnc1CN1CCNC(C)(C2CC2)C1. The van der Waals surface area contributed by atoms with Crippen LogP contribution in [0.2, 0.25) is 0 Å². The topological polar surface area (TPSA) is 33.1 Å². The molecule has 0 amide bonds. The van der Waals surface area contributed by atoms with Crippen molar-refractivity contribution in [1.82, 2.24) is 19.8 Å². The molecule has 0 spiro atoms. The van der Waals surface area contributed by atoms with E-state index in [1.165, 1.54) is 18.7 Å². The molecule has 1 atom stereocenters. The summed E-state index contributed by atoms with van der Waals surface area (Å²) < 4.78 is 2.12. The zero-order valence-electron chi connectivity index (χ0n) is 10.8. The van der Waals surface area contributed by atoms with Crippen LogP contribution in [0.25, 0.3) is 0 Å². The molecule has 17 heavy (non-hydrogen) atoms. The maximum atomic E-state index is 4.42. The van der Waals surface area contributed by atoms with E-state index in [0.717, 1.165) is 32.1 Å². The molecular formula is C13H22N4. The van der Waals surface area contributed by atoms with E-state index in [-0.39, 0.29) is 0 Å². The Kier molecular flexibility index (Phi) is 2.71. The van der Waals surface area contributed by atoms with Crippen LogP contribution in [0.3, 0.4) is 0 Å². The van der Waals surface area contributed by atoms with E-state index in [1.807, 2.05) is 12.4 Å². The lowest BCUT2D eigenvalue weighted by Crippen LogP contribution is -2.59. The van der Waals surface area contributed by atoms with Gasteiger partial charge < -0.3 is 9.88 Å². The van der Waals surface area contributed by atoms with Crippen molar-refractivity contribution in [1.29, 1.82) is 0 Å². The van der Waals surface area contributed by atoms with E-state index in [9.17, 15) is 0 Å². The summed E-state index contributed by atoms with van der Waals surface area (Å²) in [5.74, 6) is 2.07. The fourth-order valence-electron chi connectivity index (χ4n) is 2.98. The standard InChI is InChI=1S/C13H22N4/c1-13(11-3-4-11)10-17(8-6-15-13)9-12-14-5-7-16(12)2/h5,7,11,15H,3-4,6,8-10H2,1-2H3. The van der Waals surface area contributed by atoms with Crippen LogP contribution in [-0.2, 0) is 13.6 Å². The Morgan fingerprint density at radius 1 is 1.53 bits per heavy atom. The van der Waals surface area contributed by atoms with Crippen molar-refractivity contribution in [2.45, 2.75) is 31.8 Å². The molecule has 0 aromatic carbocycles. The number of piperazine rings is 1. The molecular weight excluding hydrogens is 212 g/mol. The highest BCUT2D eigenvalue weighted by atomic mass is 15.2. The molecule has 1 unspecified atom stereocenters. The molecule has 1 saturated carbocycles. The predicted octanol–water partition coefficient (Wildman–Crippen LogP) is 0.994. The zero-order valence-corrected chi connectivity index (χ0v) is 10.8. The van der Waals surface area contributed by atoms with Gasteiger partial charge in [-0.05, 0) is 25.7 Å². The fourth-order valence-corrected chi connectivity index (χ4v) is 2.98. The molecule has 1 saturated heterocycles. The van der Waals surface area contributed by atoms with Crippen LogP contribution >= 0.6 is 0 Å². The molecule has 1 N–H and O–H groups in total. The molecule has 1 aliphatic carbocycles. The first-order valence-corrected chi connectivity index (χ1v) is 6.61. The molecule has 4 heteroatoms. The lowest BCUT2D eigenvalue weighted by Gasteiger charge is -2.41. The molecule has 2 fully saturated rings.